The summed E-state index contributed by atoms with van der Waals surface area (Å²) in [5.41, 5.74) is 8.20. The topological polar surface area (TPSA) is 87.5 Å². The molecule has 7 heteroatoms. The molecule has 0 bridgehead atoms. The van der Waals surface area contributed by atoms with Gasteiger partial charge < -0.3 is 16.0 Å². The molecule has 0 spiro atoms. The van der Waals surface area contributed by atoms with E-state index in [9.17, 15) is 8.42 Å². The highest BCUT2D eigenvalue weighted by Crippen LogP contribution is 2.30. The van der Waals surface area contributed by atoms with Gasteiger partial charge in [0.25, 0.3) is 10.0 Å². The summed E-state index contributed by atoms with van der Waals surface area (Å²) in [4.78, 5) is 2.47. The van der Waals surface area contributed by atoms with Crippen LogP contribution < -0.4 is 20.7 Å². The van der Waals surface area contributed by atoms with Crippen molar-refractivity contribution < 1.29 is 8.42 Å². The molecule has 0 aliphatic carbocycles. The maximum atomic E-state index is 12.5. The van der Waals surface area contributed by atoms with Crippen molar-refractivity contribution >= 4 is 27.1 Å². The molecule has 1 unspecified atom stereocenters. The van der Waals surface area contributed by atoms with Crippen LogP contribution in [0.15, 0.2) is 53.4 Å². The van der Waals surface area contributed by atoms with Crippen molar-refractivity contribution in [2.45, 2.75) is 24.3 Å². The highest BCUT2D eigenvalue weighted by atomic mass is 32.2. The van der Waals surface area contributed by atoms with E-state index in [-0.39, 0.29) is 10.9 Å². The maximum Gasteiger partial charge on any atom is 0.261 e. The van der Waals surface area contributed by atoms with Crippen molar-refractivity contribution in [1.29, 1.82) is 0 Å². The molecular weight excluding hydrogens is 336 g/mol. The summed E-state index contributed by atoms with van der Waals surface area (Å²) < 4.78 is 27.7. The van der Waals surface area contributed by atoms with Gasteiger partial charge in [0, 0.05) is 19.1 Å². The van der Waals surface area contributed by atoms with Crippen molar-refractivity contribution in [2.24, 2.45) is 0 Å². The fraction of sp³-hybridized carbons (Fsp3) is 0.333. The first-order valence-electron chi connectivity index (χ1n) is 8.42. The Bertz CT molecular complexity index is 824. The fourth-order valence-corrected chi connectivity index (χ4v) is 4.11. The third-order valence-electron chi connectivity index (χ3n) is 4.37. The monoisotopic (exact) mass is 360 g/mol. The molecule has 4 N–H and O–H groups in total. The van der Waals surface area contributed by atoms with Crippen molar-refractivity contribution in [2.75, 3.05) is 35.0 Å². The molecule has 6 nitrogen and oxygen atoms in total. The van der Waals surface area contributed by atoms with E-state index < -0.39 is 10.0 Å². The van der Waals surface area contributed by atoms with Crippen LogP contribution in [0.5, 0.6) is 0 Å². The van der Waals surface area contributed by atoms with Gasteiger partial charge in [-0.15, -0.1) is 0 Å². The molecule has 0 amide bonds. The minimum atomic E-state index is -3.62. The van der Waals surface area contributed by atoms with Crippen molar-refractivity contribution in [1.82, 2.24) is 5.32 Å². The average Bonchev–Trinajstić information content (AvgIpc) is 2.82. The number of hydrogen-bond acceptors (Lipinski definition) is 5. The third-order valence-corrected chi connectivity index (χ3v) is 5.77. The molecular formula is C18H24N4O2S. The summed E-state index contributed by atoms with van der Waals surface area (Å²) in [5.74, 6) is 0. The molecule has 3 rings (SSSR count). The smallest absolute Gasteiger partial charge is 0.261 e. The molecule has 0 saturated carbocycles. The standard InChI is InChI=1S/C18H24N4O2S/c1-14-13-20-10-5-11-22(14)18-12-15(8-9-17(18)19)21-25(23,24)16-6-3-2-4-7-16/h2-4,6-9,12,14,20-21H,5,10-11,13,19H2,1H3. The van der Waals surface area contributed by atoms with Gasteiger partial charge in [0.05, 0.1) is 22.0 Å². The van der Waals surface area contributed by atoms with Gasteiger partial charge in [-0.25, -0.2) is 8.42 Å². The first-order valence-corrected chi connectivity index (χ1v) is 9.90. The number of rotatable bonds is 4. The minimum Gasteiger partial charge on any atom is -0.397 e. The Morgan fingerprint density at radius 2 is 1.96 bits per heavy atom. The van der Waals surface area contributed by atoms with Gasteiger partial charge in [0.1, 0.15) is 0 Å². The third kappa shape index (κ3) is 4.05. The van der Waals surface area contributed by atoms with E-state index >= 15 is 0 Å². The van der Waals surface area contributed by atoms with E-state index in [0.29, 0.717) is 11.4 Å². The Morgan fingerprint density at radius 1 is 1.20 bits per heavy atom. The molecule has 2 aromatic carbocycles. The Morgan fingerprint density at radius 3 is 2.72 bits per heavy atom. The molecule has 0 radical (unpaired) electrons. The van der Waals surface area contributed by atoms with Crippen LogP contribution in [0.2, 0.25) is 0 Å². The molecule has 1 saturated heterocycles. The maximum absolute atomic E-state index is 12.5. The van der Waals surface area contributed by atoms with Crippen LogP contribution in [0.25, 0.3) is 0 Å². The Kier molecular flexibility index (Phi) is 5.15. The van der Waals surface area contributed by atoms with Gasteiger partial charge in [-0.3, -0.25) is 4.72 Å². The summed E-state index contributed by atoms with van der Waals surface area (Å²) in [7, 11) is -3.62. The number of sulfonamides is 1. The van der Waals surface area contributed by atoms with Crippen LogP contribution in [-0.2, 0) is 10.0 Å². The second kappa shape index (κ2) is 7.33. The number of nitrogen functional groups attached to an aromatic ring is 1. The van der Waals surface area contributed by atoms with Gasteiger partial charge in [-0.2, -0.15) is 0 Å². The summed E-state index contributed by atoms with van der Waals surface area (Å²) >= 11 is 0. The largest absolute Gasteiger partial charge is 0.397 e. The second-order valence-electron chi connectivity index (χ2n) is 6.29. The fourth-order valence-electron chi connectivity index (χ4n) is 3.04. The molecule has 1 aliphatic heterocycles. The molecule has 2 aromatic rings. The highest BCUT2D eigenvalue weighted by molar-refractivity contribution is 7.92. The summed E-state index contributed by atoms with van der Waals surface area (Å²) in [5, 5.41) is 3.40. The highest BCUT2D eigenvalue weighted by Gasteiger charge is 2.20. The van der Waals surface area contributed by atoms with Crippen LogP contribution in [-0.4, -0.2) is 34.1 Å². The van der Waals surface area contributed by atoms with Gasteiger partial charge >= 0.3 is 0 Å². The molecule has 1 fully saturated rings. The van der Waals surface area contributed by atoms with Crippen LogP contribution >= 0.6 is 0 Å². The predicted octanol–water partition coefficient (Wildman–Crippen LogP) is 2.26. The first-order chi connectivity index (χ1) is 12.0. The number of anilines is 3. The summed E-state index contributed by atoms with van der Waals surface area (Å²) in [6, 6.07) is 13.9. The quantitative estimate of drug-likeness (QED) is 0.728. The van der Waals surface area contributed by atoms with E-state index in [0.717, 1.165) is 31.7 Å². The van der Waals surface area contributed by atoms with Crippen molar-refractivity contribution in [3.05, 3.63) is 48.5 Å². The number of nitrogens with zero attached hydrogens (tertiary/aromatic N) is 1. The zero-order valence-electron chi connectivity index (χ0n) is 14.3. The van der Waals surface area contributed by atoms with E-state index in [1.54, 1.807) is 42.5 Å². The Labute approximate surface area is 149 Å². The Hall–Kier alpha value is -2.25. The van der Waals surface area contributed by atoms with E-state index in [4.69, 9.17) is 5.73 Å². The van der Waals surface area contributed by atoms with Gasteiger partial charge in [0.2, 0.25) is 0 Å². The average molecular weight is 360 g/mol. The molecule has 1 aliphatic rings. The first kappa shape index (κ1) is 17.6. The van der Waals surface area contributed by atoms with Crippen LogP contribution in [0.4, 0.5) is 17.1 Å². The SMILES string of the molecule is CC1CNCCCN1c1cc(NS(=O)(=O)c2ccccc2)ccc1N. The van der Waals surface area contributed by atoms with Gasteiger partial charge in [0.15, 0.2) is 0 Å². The molecule has 134 valence electrons. The number of nitrogens with one attached hydrogen (secondary N) is 2. The van der Waals surface area contributed by atoms with Crippen molar-refractivity contribution in [3.8, 4) is 0 Å². The lowest BCUT2D eigenvalue weighted by Crippen LogP contribution is -2.37. The zero-order chi connectivity index (χ0) is 17.9. The normalized spacial score (nSPS) is 18.6. The van der Waals surface area contributed by atoms with Gasteiger partial charge in [-0.05, 0) is 50.2 Å². The number of benzene rings is 2. The molecule has 25 heavy (non-hydrogen) atoms. The van der Waals surface area contributed by atoms with Crippen LogP contribution in [0.1, 0.15) is 13.3 Å². The number of nitrogens with two attached hydrogens (primary N) is 1. The molecule has 1 heterocycles. The summed E-state index contributed by atoms with van der Waals surface area (Å²) in [6.07, 6.45) is 1.02. The lowest BCUT2D eigenvalue weighted by Gasteiger charge is -2.30. The van der Waals surface area contributed by atoms with Crippen molar-refractivity contribution in [3.63, 3.8) is 0 Å². The molecule has 1 atom stereocenters. The van der Waals surface area contributed by atoms with Gasteiger partial charge in [-0.1, -0.05) is 18.2 Å². The minimum absolute atomic E-state index is 0.237. The molecule has 0 aromatic heterocycles. The Balaban J connectivity index is 1.89. The number of hydrogen-bond donors (Lipinski definition) is 3. The van der Waals surface area contributed by atoms with Crippen LogP contribution in [0.3, 0.4) is 0 Å². The van der Waals surface area contributed by atoms with E-state index in [2.05, 4.69) is 21.9 Å². The zero-order valence-corrected chi connectivity index (χ0v) is 15.1. The summed E-state index contributed by atoms with van der Waals surface area (Å²) in [6.45, 7) is 4.87. The lowest BCUT2D eigenvalue weighted by molar-refractivity contribution is 0.601. The van der Waals surface area contributed by atoms with E-state index in [1.807, 2.05) is 6.07 Å². The predicted molar refractivity (Wildman–Crippen MR) is 102 cm³/mol. The van der Waals surface area contributed by atoms with E-state index in [1.165, 1.54) is 0 Å². The van der Waals surface area contributed by atoms with Crippen LogP contribution in [0, 0.1) is 0 Å². The lowest BCUT2D eigenvalue weighted by atomic mass is 10.1. The second-order valence-corrected chi connectivity index (χ2v) is 7.97.